The van der Waals surface area contributed by atoms with Gasteiger partial charge in [0.25, 0.3) is 11.8 Å². The van der Waals surface area contributed by atoms with Gasteiger partial charge in [-0.25, -0.2) is 4.90 Å². The van der Waals surface area contributed by atoms with Gasteiger partial charge in [0.2, 0.25) is 0 Å². The Hall–Kier alpha value is -3.29. The number of carbonyl (C=O) groups is 2. The predicted octanol–water partition coefficient (Wildman–Crippen LogP) is 4.87. The molecule has 2 heterocycles. The van der Waals surface area contributed by atoms with E-state index in [2.05, 4.69) is 5.32 Å². The molecule has 1 aromatic heterocycles. The fraction of sp³-hybridized carbons (Fsp3) is 0.130. The van der Waals surface area contributed by atoms with Gasteiger partial charge in [0.15, 0.2) is 0 Å². The third-order valence-electron chi connectivity index (χ3n) is 4.90. The van der Waals surface area contributed by atoms with Gasteiger partial charge in [-0.15, -0.1) is 11.3 Å². The summed E-state index contributed by atoms with van der Waals surface area (Å²) < 4.78 is 5.39. The summed E-state index contributed by atoms with van der Waals surface area (Å²) in [6.45, 7) is 0. The average Bonchev–Trinajstić information content (AvgIpc) is 3.35. The number of thiophene rings is 1. The molecule has 3 aromatic rings. The number of rotatable bonds is 6. The quantitative estimate of drug-likeness (QED) is 0.539. The number of hydrogen-bond donors (Lipinski definition) is 1. The minimum atomic E-state index is -0.437. The summed E-state index contributed by atoms with van der Waals surface area (Å²) in [6.07, 6.45) is 0. The van der Waals surface area contributed by atoms with Gasteiger partial charge in [0, 0.05) is 29.7 Å². The summed E-state index contributed by atoms with van der Waals surface area (Å²) in [4.78, 5) is 30.7. The first-order valence-electron chi connectivity index (χ1n) is 9.45. The molecule has 2 amide bonds. The van der Waals surface area contributed by atoms with Gasteiger partial charge in [-0.1, -0.05) is 17.7 Å². The molecule has 1 N–H and O–H groups in total. The number of carbonyl (C=O) groups excluding carboxylic acids is 2. The van der Waals surface area contributed by atoms with Crippen LogP contribution in [0.3, 0.4) is 0 Å². The van der Waals surface area contributed by atoms with E-state index in [1.165, 1.54) is 23.3 Å². The van der Waals surface area contributed by atoms with Crippen molar-refractivity contribution in [2.24, 2.45) is 0 Å². The highest BCUT2D eigenvalue weighted by Gasteiger charge is 2.41. The van der Waals surface area contributed by atoms with Crippen LogP contribution in [0, 0.1) is 0 Å². The summed E-state index contributed by atoms with van der Waals surface area (Å²) in [5.74, 6) is -0.307. The van der Waals surface area contributed by atoms with E-state index in [0.29, 0.717) is 32.6 Å². The molecule has 0 bridgehead atoms. The molecule has 0 saturated carbocycles. The smallest absolute Gasteiger partial charge is 0.282 e. The Morgan fingerprint density at radius 3 is 2.39 bits per heavy atom. The van der Waals surface area contributed by atoms with Gasteiger partial charge < -0.3 is 15.0 Å². The Labute approximate surface area is 189 Å². The van der Waals surface area contributed by atoms with Crippen molar-refractivity contribution >= 4 is 57.4 Å². The molecule has 0 atom stereocenters. The molecule has 0 unspecified atom stereocenters. The fourth-order valence-corrected chi connectivity index (χ4v) is 4.28. The van der Waals surface area contributed by atoms with Crippen molar-refractivity contribution in [3.05, 3.63) is 75.6 Å². The Morgan fingerprint density at radius 1 is 1.03 bits per heavy atom. The van der Waals surface area contributed by atoms with Crippen LogP contribution in [0.1, 0.15) is 4.88 Å². The van der Waals surface area contributed by atoms with E-state index in [0.717, 1.165) is 5.69 Å². The van der Waals surface area contributed by atoms with Crippen molar-refractivity contribution in [2.75, 3.05) is 36.3 Å². The number of nitrogens with one attached hydrogen (secondary N) is 1. The van der Waals surface area contributed by atoms with Crippen LogP contribution >= 0.6 is 22.9 Å². The molecule has 158 valence electrons. The summed E-state index contributed by atoms with van der Waals surface area (Å²) in [6, 6.07) is 16.0. The second kappa shape index (κ2) is 8.45. The first-order valence-corrected chi connectivity index (χ1v) is 10.7. The number of nitrogens with zero attached hydrogens (tertiary/aromatic N) is 2. The number of hydrogen-bond acceptors (Lipinski definition) is 6. The van der Waals surface area contributed by atoms with Crippen molar-refractivity contribution in [3.63, 3.8) is 0 Å². The second-order valence-corrected chi connectivity index (χ2v) is 8.44. The molecular formula is C23H20ClN3O3S. The Balaban J connectivity index is 1.78. The summed E-state index contributed by atoms with van der Waals surface area (Å²) in [5.41, 5.74) is 2.48. The van der Waals surface area contributed by atoms with E-state index in [-0.39, 0.29) is 11.6 Å². The number of methoxy groups -OCH3 is 1. The molecule has 0 fully saturated rings. The Bertz CT molecular complexity index is 1170. The van der Waals surface area contributed by atoms with Crippen LogP contribution in [0.2, 0.25) is 5.02 Å². The van der Waals surface area contributed by atoms with E-state index in [1.807, 2.05) is 48.6 Å². The normalized spacial score (nSPS) is 13.7. The number of benzene rings is 2. The lowest BCUT2D eigenvalue weighted by Crippen LogP contribution is -2.32. The van der Waals surface area contributed by atoms with Crippen LogP contribution in [0.4, 0.5) is 17.1 Å². The molecule has 0 aliphatic carbocycles. The molecule has 2 aromatic carbocycles. The lowest BCUT2D eigenvalue weighted by molar-refractivity contribution is -0.120. The fourth-order valence-electron chi connectivity index (χ4n) is 3.34. The van der Waals surface area contributed by atoms with E-state index in [4.69, 9.17) is 16.3 Å². The molecule has 6 nitrogen and oxygen atoms in total. The Morgan fingerprint density at radius 2 is 1.77 bits per heavy atom. The number of anilines is 3. The topological polar surface area (TPSA) is 61.9 Å². The second-order valence-electron chi connectivity index (χ2n) is 7.05. The molecule has 8 heteroatoms. The Kier molecular flexibility index (Phi) is 5.71. The lowest BCUT2D eigenvalue weighted by Gasteiger charge is -2.18. The maximum Gasteiger partial charge on any atom is 0.282 e. The number of halogens is 1. The zero-order chi connectivity index (χ0) is 22.1. The van der Waals surface area contributed by atoms with Crippen LogP contribution in [0.25, 0.3) is 5.57 Å². The lowest BCUT2D eigenvalue weighted by atomic mass is 10.1. The predicted molar refractivity (Wildman–Crippen MR) is 126 cm³/mol. The SMILES string of the molecule is COc1ccc(Cl)cc1NC1=C(c2cccs2)C(=O)N(c2ccc(N(C)C)cc2)C1=O. The van der Waals surface area contributed by atoms with Crippen molar-refractivity contribution in [3.8, 4) is 5.75 Å². The van der Waals surface area contributed by atoms with E-state index in [1.54, 1.807) is 30.3 Å². The van der Waals surface area contributed by atoms with Crippen LogP contribution in [0.15, 0.2) is 65.7 Å². The highest BCUT2D eigenvalue weighted by molar-refractivity contribution is 7.11. The number of imide groups is 1. The average molecular weight is 454 g/mol. The van der Waals surface area contributed by atoms with Gasteiger partial charge in [0.05, 0.1) is 24.1 Å². The van der Waals surface area contributed by atoms with Crippen LogP contribution in [-0.2, 0) is 9.59 Å². The standard InChI is InChI=1S/C23H20ClN3O3S/c1-26(2)15-7-9-16(10-8-15)27-22(28)20(19-5-4-12-31-19)21(23(27)29)25-17-13-14(24)6-11-18(17)30-3/h4-13,25H,1-3H3. The molecule has 4 rings (SSSR count). The van der Waals surface area contributed by atoms with Gasteiger partial charge in [-0.3, -0.25) is 9.59 Å². The van der Waals surface area contributed by atoms with E-state index < -0.39 is 5.91 Å². The van der Waals surface area contributed by atoms with Crippen molar-refractivity contribution in [1.82, 2.24) is 0 Å². The van der Waals surface area contributed by atoms with Crippen molar-refractivity contribution < 1.29 is 14.3 Å². The maximum absolute atomic E-state index is 13.4. The number of amides is 2. The van der Waals surface area contributed by atoms with E-state index in [9.17, 15) is 9.59 Å². The summed E-state index contributed by atoms with van der Waals surface area (Å²) >= 11 is 7.54. The number of ether oxygens (including phenoxy) is 1. The van der Waals surface area contributed by atoms with Crippen LogP contribution in [0.5, 0.6) is 5.75 Å². The largest absolute Gasteiger partial charge is 0.495 e. The minimum absolute atomic E-state index is 0.185. The maximum atomic E-state index is 13.4. The first-order chi connectivity index (χ1) is 14.9. The zero-order valence-corrected chi connectivity index (χ0v) is 18.8. The van der Waals surface area contributed by atoms with Crippen LogP contribution in [-0.4, -0.2) is 33.0 Å². The van der Waals surface area contributed by atoms with Crippen molar-refractivity contribution in [2.45, 2.75) is 0 Å². The van der Waals surface area contributed by atoms with E-state index >= 15 is 0 Å². The molecule has 0 spiro atoms. The third kappa shape index (κ3) is 3.89. The highest BCUT2D eigenvalue weighted by Crippen LogP contribution is 2.38. The molecule has 1 aliphatic heterocycles. The monoisotopic (exact) mass is 453 g/mol. The van der Waals surface area contributed by atoms with Crippen LogP contribution < -0.4 is 19.9 Å². The molecule has 31 heavy (non-hydrogen) atoms. The van der Waals surface area contributed by atoms with Gasteiger partial charge in [-0.2, -0.15) is 0 Å². The highest BCUT2D eigenvalue weighted by atomic mass is 35.5. The summed E-state index contributed by atoms with van der Waals surface area (Å²) in [7, 11) is 5.39. The zero-order valence-electron chi connectivity index (χ0n) is 17.2. The summed E-state index contributed by atoms with van der Waals surface area (Å²) in [5, 5.41) is 5.45. The van der Waals surface area contributed by atoms with Gasteiger partial charge in [-0.05, 0) is 53.9 Å². The van der Waals surface area contributed by atoms with Gasteiger partial charge >= 0.3 is 0 Å². The molecular weight excluding hydrogens is 434 g/mol. The molecule has 0 saturated heterocycles. The van der Waals surface area contributed by atoms with Gasteiger partial charge in [0.1, 0.15) is 11.4 Å². The third-order valence-corrected chi connectivity index (χ3v) is 6.02. The first kappa shape index (κ1) is 21.0. The molecule has 0 radical (unpaired) electrons. The van der Waals surface area contributed by atoms with Crippen molar-refractivity contribution in [1.29, 1.82) is 0 Å². The molecule has 1 aliphatic rings. The minimum Gasteiger partial charge on any atom is -0.495 e.